The molecule has 580 valence electrons. The first-order chi connectivity index (χ1) is 53.9. The van der Waals surface area contributed by atoms with Gasteiger partial charge >= 0.3 is 11.9 Å². The second-order valence-corrected chi connectivity index (χ2v) is 34.4. The largest absolute Gasteiger partial charge is 0.478 e. The Morgan fingerprint density at radius 3 is 1.20 bits per heavy atom. The van der Waals surface area contributed by atoms with Crippen molar-refractivity contribution in [2.75, 3.05) is 59.6 Å². The molecule has 3 aliphatic carbocycles. The van der Waals surface area contributed by atoms with Crippen LogP contribution in [0.1, 0.15) is 156 Å². The van der Waals surface area contributed by atoms with Crippen LogP contribution in [0.3, 0.4) is 0 Å². The molecule has 3 spiro atoms. The quantitative estimate of drug-likeness (QED) is 0.0867. The highest BCUT2D eigenvalue weighted by atomic mass is 35.5. The fourth-order valence-electron chi connectivity index (χ4n) is 19.3. The first-order valence-electron chi connectivity index (χ1n) is 38.5. The van der Waals surface area contributed by atoms with Crippen LogP contribution in [0.25, 0.3) is 22.1 Å². The number of imidazole rings is 2. The lowest BCUT2D eigenvalue weighted by molar-refractivity contribution is -0.0841. The standard InChI is InChI=1S/C34H33ClFN3O5.C33H31ClFN3O5.C20H19ClFNO2/c1-33(25-8-7-22(35)13-26(25)36)43-29-5-3-4-24(31(29)44-33)21-14-34(15-21)18-38(19-34)17-30-37-27-9-6-20(32(40)41-2)12-28(27)39(30)16-23-10-11-42-23;1-32(24-7-6-21(34)12-25(24)35)42-28-4-2-3-23(30(28)43-32)20-13-33(14-20)17-37(18-33)16-29-36-26-8-5-19(31(39)40)11-27(26)38(29)15-22-9-10-41-22;1-19(15-6-5-13(21)7-16(15)22)24-17-4-2-3-14(18(17)25-19)12-8-20(9-12)10-23-11-20/h3-9,12-13,21,23H,10-11,14-19H2,1-2H3;2-8,11-12,20,22H,9-10,13-18H2,1H3,(H,39,40);2-7,12,23H,8-11H2,1H3/t23-,33?;22-,32?;/m00./s1. The Hall–Kier alpha value is -9.10. The van der Waals surface area contributed by atoms with Gasteiger partial charge in [-0.2, -0.15) is 0 Å². The lowest BCUT2D eigenvalue weighted by Gasteiger charge is -2.59. The molecule has 21 rings (SSSR count). The number of para-hydroxylation sites is 3. The summed E-state index contributed by atoms with van der Waals surface area (Å²) in [4.78, 5) is 38.5. The van der Waals surface area contributed by atoms with Crippen LogP contribution in [0.15, 0.2) is 146 Å². The Labute approximate surface area is 660 Å². The van der Waals surface area contributed by atoms with E-state index in [-0.39, 0.29) is 34.6 Å². The van der Waals surface area contributed by atoms with Gasteiger partial charge in [-0.05, 0) is 195 Å². The third kappa shape index (κ3) is 13.0. The van der Waals surface area contributed by atoms with E-state index in [0.717, 1.165) is 155 Å². The molecular formula is C87H83Cl3F3N7O12. The molecule has 8 aliphatic heterocycles. The molecule has 112 heavy (non-hydrogen) atoms. The van der Waals surface area contributed by atoms with Crippen molar-refractivity contribution in [1.29, 1.82) is 0 Å². The van der Waals surface area contributed by atoms with E-state index in [9.17, 15) is 27.9 Å². The fourth-order valence-corrected chi connectivity index (χ4v) is 19.8. The smallest absolute Gasteiger partial charge is 0.337 e. The average Bonchev–Trinajstić information content (AvgIpc) is 1.52. The van der Waals surface area contributed by atoms with E-state index in [2.05, 4.69) is 42.4 Å². The third-order valence-corrected chi connectivity index (χ3v) is 25.8. The number of fused-ring (bicyclic) bond motifs is 5. The van der Waals surface area contributed by atoms with Crippen LogP contribution in [0.4, 0.5) is 13.2 Å². The van der Waals surface area contributed by atoms with Crippen LogP contribution in [-0.4, -0.2) is 118 Å². The van der Waals surface area contributed by atoms with Crippen molar-refractivity contribution >= 4 is 68.8 Å². The number of aromatic nitrogens is 4. The van der Waals surface area contributed by atoms with Crippen molar-refractivity contribution < 1.29 is 70.5 Å². The number of nitrogens with one attached hydrogen (secondary N) is 1. The molecule has 3 unspecified atom stereocenters. The van der Waals surface area contributed by atoms with Gasteiger partial charge in [-0.3, -0.25) is 9.80 Å². The van der Waals surface area contributed by atoms with Gasteiger partial charge in [0.25, 0.3) is 17.4 Å². The molecule has 10 heterocycles. The summed E-state index contributed by atoms with van der Waals surface area (Å²) in [5, 5.41) is 13.9. The van der Waals surface area contributed by atoms with Crippen molar-refractivity contribution in [2.45, 2.75) is 146 Å². The van der Waals surface area contributed by atoms with E-state index in [1.54, 1.807) is 81.4 Å². The van der Waals surface area contributed by atoms with Crippen LogP contribution < -0.4 is 33.7 Å². The zero-order chi connectivity index (χ0) is 77.0. The minimum atomic E-state index is -1.26. The molecule has 2 N–H and O–H groups in total. The highest BCUT2D eigenvalue weighted by Gasteiger charge is 2.57. The number of aromatic carboxylic acids is 1. The molecular weight excluding hydrogens is 1500 g/mol. The number of carbonyl (C=O) groups excluding carboxylic acids is 1. The molecule has 0 amide bonds. The van der Waals surface area contributed by atoms with E-state index in [4.69, 9.17) is 87.4 Å². The Balaban J connectivity index is 0.000000118. The summed E-state index contributed by atoms with van der Waals surface area (Å²) in [6.45, 7) is 15.8. The normalized spacial score (nSPS) is 25.0. The molecule has 3 saturated carbocycles. The van der Waals surface area contributed by atoms with Gasteiger partial charge in [0, 0.05) is 105 Å². The summed E-state index contributed by atoms with van der Waals surface area (Å²) in [5.41, 5.74) is 9.63. The molecule has 11 aliphatic rings. The maximum atomic E-state index is 14.8. The van der Waals surface area contributed by atoms with Crippen molar-refractivity contribution in [2.24, 2.45) is 16.2 Å². The van der Waals surface area contributed by atoms with Crippen molar-refractivity contribution in [3.63, 3.8) is 0 Å². The average molecular weight is 1580 g/mol. The van der Waals surface area contributed by atoms with Gasteiger partial charge in [-0.1, -0.05) is 71.2 Å². The first-order valence-corrected chi connectivity index (χ1v) is 39.6. The molecule has 0 bridgehead atoms. The predicted molar refractivity (Wildman–Crippen MR) is 413 cm³/mol. The number of likely N-dealkylation sites (tertiary alicyclic amines) is 2. The summed E-state index contributed by atoms with van der Waals surface area (Å²) in [7, 11) is 1.40. The first kappa shape index (κ1) is 73.1. The highest BCUT2D eigenvalue weighted by molar-refractivity contribution is 6.31. The second kappa shape index (κ2) is 27.6. The number of rotatable bonds is 16. The summed E-state index contributed by atoms with van der Waals surface area (Å²) in [6, 6.07) is 42.2. The Bertz CT molecular complexity index is 5440. The molecule has 5 atom stereocenters. The zero-order valence-electron chi connectivity index (χ0n) is 62.3. The Kier molecular flexibility index (Phi) is 18.0. The van der Waals surface area contributed by atoms with E-state index in [1.165, 1.54) is 43.7 Å². The van der Waals surface area contributed by atoms with Gasteiger partial charge in [-0.15, -0.1) is 0 Å². The van der Waals surface area contributed by atoms with Gasteiger partial charge in [0.15, 0.2) is 34.5 Å². The summed E-state index contributed by atoms with van der Waals surface area (Å²) >= 11 is 17.8. The van der Waals surface area contributed by atoms with Gasteiger partial charge in [-0.25, -0.2) is 32.7 Å². The number of benzene rings is 8. The van der Waals surface area contributed by atoms with E-state index in [0.29, 0.717) is 102 Å². The van der Waals surface area contributed by atoms with E-state index in [1.807, 2.05) is 48.5 Å². The number of hydrogen-bond acceptors (Lipinski definition) is 16. The molecule has 5 saturated heterocycles. The minimum absolute atomic E-state index is 0.136. The number of carboxylic acid groups (broad SMARTS) is 1. The second-order valence-electron chi connectivity index (χ2n) is 33.1. The van der Waals surface area contributed by atoms with Crippen molar-refractivity contribution in [3.8, 4) is 34.5 Å². The number of ether oxygens (including phenoxy) is 9. The van der Waals surface area contributed by atoms with Crippen LogP contribution in [0, 0.1) is 33.7 Å². The molecule has 2 aromatic heterocycles. The number of carbonyl (C=O) groups is 2. The molecule has 19 nitrogen and oxygen atoms in total. The Morgan fingerprint density at radius 1 is 0.500 bits per heavy atom. The summed E-state index contributed by atoms with van der Waals surface area (Å²) in [5.74, 6) is 0.899. The number of carboxylic acids is 1. The topological polar surface area (TPSA) is 192 Å². The molecule has 0 radical (unpaired) electrons. The van der Waals surface area contributed by atoms with Crippen LogP contribution >= 0.6 is 34.8 Å². The number of hydrogen-bond donors (Lipinski definition) is 2. The third-order valence-electron chi connectivity index (χ3n) is 25.1. The number of nitrogens with zero attached hydrogens (tertiary/aromatic N) is 6. The monoisotopic (exact) mass is 1580 g/mol. The van der Waals surface area contributed by atoms with Crippen LogP contribution in [0.5, 0.6) is 34.5 Å². The summed E-state index contributed by atoms with van der Waals surface area (Å²) < 4.78 is 102. The lowest BCUT2D eigenvalue weighted by Crippen LogP contribution is -2.61. The summed E-state index contributed by atoms with van der Waals surface area (Å²) in [6.07, 6.45) is 8.88. The minimum Gasteiger partial charge on any atom is -0.478 e. The number of methoxy groups -OCH3 is 1. The number of halogens is 6. The van der Waals surface area contributed by atoms with Crippen LogP contribution in [-0.2, 0) is 57.8 Å². The lowest BCUT2D eigenvalue weighted by atomic mass is 9.56. The zero-order valence-corrected chi connectivity index (χ0v) is 64.5. The number of esters is 1. The fraction of sp³-hybridized carbons (Fsp3) is 0.402. The van der Waals surface area contributed by atoms with Gasteiger partial charge in [0.2, 0.25) is 0 Å². The maximum Gasteiger partial charge on any atom is 0.337 e. The molecule has 8 aromatic carbocycles. The van der Waals surface area contributed by atoms with Gasteiger partial charge < -0.3 is 62.2 Å². The molecule has 10 aromatic rings. The van der Waals surface area contributed by atoms with E-state index < -0.39 is 40.8 Å². The van der Waals surface area contributed by atoms with Gasteiger partial charge in [0.1, 0.15) is 29.1 Å². The highest BCUT2D eigenvalue weighted by Crippen LogP contribution is 2.63. The maximum absolute atomic E-state index is 14.8. The van der Waals surface area contributed by atoms with Crippen molar-refractivity contribution in [1.82, 2.24) is 34.2 Å². The van der Waals surface area contributed by atoms with E-state index >= 15 is 0 Å². The molecule has 8 fully saturated rings. The predicted octanol–water partition coefficient (Wildman–Crippen LogP) is 17.4. The Morgan fingerprint density at radius 2 is 0.866 bits per heavy atom. The van der Waals surface area contributed by atoms with Gasteiger partial charge in [0.05, 0.1) is 95.4 Å². The van der Waals surface area contributed by atoms with Crippen molar-refractivity contribution in [3.05, 3.63) is 234 Å². The molecule has 25 heteroatoms. The van der Waals surface area contributed by atoms with Crippen LogP contribution in [0.2, 0.25) is 15.1 Å². The SMILES string of the molecule is CC1(c2ccc(Cl)cc2F)Oc2cccc(C3CC4(C3)CN(Cc3nc5ccc(C(=O)O)cc5n3C[C@@H]3CCO3)C4)c2O1.CC1(c2ccc(Cl)cc2F)Oc2cccc(C3CC4(CNC4)C3)c2O1.COC(=O)c1ccc2nc(CN3CC4(CC(c5cccc6c5OC(C)(c5ccc(Cl)cc5F)O6)C4)C3)n(C[C@@H]3CCO3)c2c1.